The predicted octanol–water partition coefficient (Wildman–Crippen LogP) is 9.64. The first-order valence-electron chi connectivity index (χ1n) is 16.1. The minimum Gasteiger partial charge on any atom is -0.728 e. The molecule has 0 atom stereocenters. The van der Waals surface area contributed by atoms with E-state index >= 15 is 0 Å². The van der Waals surface area contributed by atoms with Crippen molar-refractivity contribution in [3.8, 4) is 11.5 Å². The monoisotopic (exact) mass is 596 g/mol. The number of nitrogens with zero attached hydrogens (tertiary/aromatic N) is 2. The lowest BCUT2D eigenvalue weighted by Gasteiger charge is -2.36. The van der Waals surface area contributed by atoms with Crippen molar-refractivity contribution in [1.82, 2.24) is 10.8 Å². The molecule has 0 spiro atoms. The van der Waals surface area contributed by atoms with Crippen LogP contribution in [0.2, 0.25) is 0 Å². The van der Waals surface area contributed by atoms with Gasteiger partial charge in [-0.2, -0.15) is 0 Å². The average Bonchev–Trinajstić information content (AvgIpc) is 2.90. The van der Waals surface area contributed by atoms with E-state index in [1.165, 1.54) is 12.8 Å². The second-order valence-electron chi connectivity index (χ2n) is 14.6. The van der Waals surface area contributed by atoms with E-state index < -0.39 is 11.2 Å². The zero-order valence-corrected chi connectivity index (χ0v) is 27.6. The van der Waals surface area contributed by atoms with Crippen molar-refractivity contribution in [2.75, 3.05) is 0 Å². The Labute approximate surface area is 258 Å². The topological polar surface area (TPSA) is 89.5 Å². The molecule has 0 saturated heterocycles. The van der Waals surface area contributed by atoms with Crippen LogP contribution in [0.15, 0.2) is 24.3 Å². The molecule has 0 aromatic heterocycles. The second kappa shape index (κ2) is 14.3. The first-order valence-corrected chi connectivity index (χ1v) is 16.1. The third kappa shape index (κ3) is 9.90. The van der Waals surface area contributed by atoms with E-state index in [4.69, 9.17) is 19.4 Å². The highest BCUT2D eigenvalue weighted by atomic mass is 17.1. The van der Waals surface area contributed by atoms with Crippen LogP contribution in [0.4, 0.5) is 0 Å². The summed E-state index contributed by atoms with van der Waals surface area (Å²) in [6.45, 7) is 15.1. The molecule has 43 heavy (non-hydrogen) atoms. The van der Waals surface area contributed by atoms with Crippen molar-refractivity contribution in [1.29, 1.82) is 0 Å². The highest BCUT2D eigenvalue weighted by Gasteiger charge is 2.27. The van der Waals surface area contributed by atoms with Gasteiger partial charge in [-0.25, -0.2) is 0 Å². The summed E-state index contributed by atoms with van der Waals surface area (Å²) in [5, 5.41) is 26.5. The summed E-state index contributed by atoms with van der Waals surface area (Å²) in [5.74, 6) is 1.67. The molecule has 0 N–H and O–H groups in total. The van der Waals surface area contributed by atoms with Crippen molar-refractivity contribution in [2.45, 2.75) is 149 Å². The van der Waals surface area contributed by atoms with Crippen molar-refractivity contribution < 1.29 is 19.4 Å². The quantitative estimate of drug-likeness (QED) is 0.250. The Balaban J connectivity index is 1.81. The minimum absolute atomic E-state index is 0.248. The molecule has 2 fully saturated rings. The van der Waals surface area contributed by atoms with Crippen LogP contribution in [-0.4, -0.2) is 22.0 Å². The molecular weight excluding hydrogens is 544 g/mol. The lowest BCUT2D eigenvalue weighted by atomic mass is 9.80. The minimum atomic E-state index is -0.714. The zero-order chi connectivity index (χ0) is 31.4. The number of rotatable bonds is 10. The molecule has 8 heteroatoms. The van der Waals surface area contributed by atoms with Crippen molar-refractivity contribution in [3.63, 3.8) is 0 Å². The summed E-state index contributed by atoms with van der Waals surface area (Å²) in [5.41, 5.74) is 4.57. The molecule has 0 bridgehead atoms. The molecule has 0 radical (unpaired) electrons. The van der Waals surface area contributed by atoms with Gasteiger partial charge < -0.3 is 20.1 Å². The summed E-state index contributed by atoms with van der Waals surface area (Å²) in [4.78, 5) is 23.1. The van der Waals surface area contributed by atoms with E-state index in [2.05, 4.69) is 38.1 Å². The summed E-state index contributed by atoms with van der Waals surface area (Å²) in [6.07, 6.45) is 11.7. The summed E-state index contributed by atoms with van der Waals surface area (Å²) in [6, 6.07) is 8.44. The Bertz CT molecular complexity index is 1110. The van der Waals surface area contributed by atoms with Crippen LogP contribution in [0.3, 0.4) is 0 Å². The van der Waals surface area contributed by atoms with Gasteiger partial charge in [-0.15, -0.1) is 0 Å². The second-order valence-corrected chi connectivity index (χ2v) is 14.6. The average molecular weight is 597 g/mol. The van der Waals surface area contributed by atoms with E-state index in [0.29, 0.717) is 29.8 Å². The third-order valence-corrected chi connectivity index (χ3v) is 8.18. The Kier molecular flexibility index (Phi) is 11.2. The summed E-state index contributed by atoms with van der Waals surface area (Å²) >= 11 is 0. The third-order valence-electron chi connectivity index (χ3n) is 8.18. The lowest BCUT2D eigenvalue weighted by molar-refractivity contribution is -0.328. The molecular formula is C35H52N2O6-2. The van der Waals surface area contributed by atoms with E-state index in [1.54, 1.807) is 0 Å². The highest BCUT2D eigenvalue weighted by molar-refractivity contribution is 5.53. The summed E-state index contributed by atoms with van der Waals surface area (Å²) < 4.78 is 0. The fourth-order valence-electron chi connectivity index (χ4n) is 6.51. The molecule has 2 aromatic rings. The standard InChI is InChI=1S/C35H52N2O6/c1-24-19-28(32(40-36(38)42-34(3,4)5)30(21-24)26-15-11-9-12-16-26)23-29-20-25(2)22-31(27-17-13-10-14-18-27)33(29)41-37(39)43-35(6,7)8/h19-22,26-27H,9-18,23H2,1-8H3/q-2. The van der Waals surface area contributed by atoms with Gasteiger partial charge in [-0.05, 0) is 92.9 Å². The number of aryl methyl sites for hydroxylation is 2. The first kappa shape index (κ1) is 33.7. The van der Waals surface area contributed by atoms with E-state index in [9.17, 15) is 10.4 Å². The molecule has 2 aliphatic rings. The maximum absolute atomic E-state index is 13.0. The molecule has 0 unspecified atom stereocenters. The van der Waals surface area contributed by atoms with Crippen LogP contribution in [0.5, 0.6) is 11.5 Å². The van der Waals surface area contributed by atoms with Crippen LogP contribution in [0.25, 0.3) is 0 Å². The number of hydrogen-bond acceptors (Lipinski definition) is 8. The smallest absolute Gasteiger partial charge is 0.156 e. The van der Waals surface area contributed by atoms with E-state index in [0.717, 1.165) is 84.7 Å². The highest BCUT2D eigenvalue weighted by Crippen LogP contribution is 2.44. The molecule has 2 aromatic carbocycles. The van der Waals surface area contributed by atoms with Crippen LogP contribution in [0, 0.1) is 24.3 Å². The van der Waals surface area contributed by atoms with Gasteiger partial charge in [0.15, 0.2) is 11.5 Å². The van der Waals surface area contributed by atoms with E-state index in [-0.39, 0.29) is 10.8 Å². The first-order chi connectivity index (χ1) is 20.2. The van der Waals surface area contributed by atoms with Gasteiger partial charge in [0.1, 0.15) is 0 Å². The van der Waals surface area contributed by atoms with Gasteiger partial charge in [0.25, 0.3) is 0 Å². The Hall–Kier alpha value is -2.20. The SMILES string of the molecule is Cc1cc(Cc2cc(C)cc(C3CCCCC3)c2ON([O-])OC(C)(C)C)c(ON([O-])OC(C)(C)C)c(C2CCCCC2)c1. The lowest BCUT2D eigenvalue weighted by Crippen LogP contribution is -2.33. The van der Waals surface area contributed by atoms with Crippen molar-refractivity contribution in [3.05, 3.63) is 68.1 Å². The molecule has 8 nitrogen and oxygen atoms in total. The van der Waals surface area contributed by atoms with Crippen molar-refractivity contribution in [2.24, 2.45) is 0 Å². The van der Waals surface area contributed by atoms with Crippen LogP contribution < -0.4 is 9.68 Å². The normalized spacial score (nSPS) is 17.6. The van der Waals surface area contributed by atoms with E-state index in [1.807, 2.05) is 41.5 Å². The molecule has 0 heterocycles. The van der Waals surface area contributed by atoms with Gasteiger partial charge in [0.2, 0.25) is 0 Å². The zero-order valence-electron chi connectivity index (χ0n) is 27.6. The maximum Gasteiger partial charge on any atom is 0.156 e. The molecule has 240 valence electrons. The molecule has 2 aliphatic carbocycles. The fourth-order valence-corrected chi connectivity index (χ4v) is 6.51. The number of hydrogen-bond donors (Lipinski definition) is 0. The fraction of sp³-hybridized carbons (Fsp3) is 0.657. The number of benzene rings is 2. The van der Waals surface area contributed by atoms with Gasteiger partial charge in [0, 0.05) is 28.7 Å². The Morgan fingerprint density at radius 3 is 1.28 bits per heavy atom. The Morgan fingerprint density at radius 1 is 0.605 bits per heavy atom. The van der Waals surface area contributed by atoms with Gasteiger partial charge in [0.05, 0.1) is 11.2 Å². The largest absolute Gasteiger partial charge is 0.728 e. The Morgan fingerprint density at radius 2 is 0.953 bits per heavy atom. The van der Waals surface area contributed by atoms with Gasteiger partial charge >= 0.3 is 0 Å². The van der Waals surface area contributed by atoms with Gasteiger partial charge in [-0.3, -0.25) is 9.68 Å². The predicted molar refractivity (Wildman–Crippen MR) is 170 cm³/mol. The van der Waals surface area contributed by atoms with Crippen LogP contribution in [-0.2, 0) is 16.1 Å². The molecule has 2 saturated carbocycles. The maximum atomic E-state index is 13.0. The van der Waals surface area contributed by atoms with Crippen LogP contribution >= 0.6 is 0 Å². The van der Waals surface area contributed by atoms with Gasteiger partial charge in [-0.1, -0.05) is 84.7 Å². The molecule has 0 amide bonds. The van der Waals surface area contributed by atoms with Crippen molar-refractivity contribution >= 4 is 0 Å². The summed E-state index contributed by atoms with van der Waals surface area (Å²) in [7, 11) is 0. The van der Waals surface area contributed by atoms with Crippen LogP contribution in [0.1, 0.15) is 151 Å². The molecule has 0 aliphatic heterocycles. The molecule has 4 rings (SSSR count).